The van der Waals surface area contributed by atoms with Gasteiger partial charge in [-0.25, -0.2) is 4.79 Å². The van der Waals surface area contributed by atoms with Crippen LogP contribution < -0.4 is 4.90 Å². The van der Waals surface area contributed by atoms with Crippen LogP contribution in [-0.2, 0) is 11.2 Å². The molecule has 3 nitrogen and oxygen atoms in total. The lowest BCUT2D eigenvalue weighted by molar-refractivity contribution is 0.0526. The lowest BCUT2D eigenvalue weighted by atomic mass is 10.0. The van der Waals surface area contributed by atoms with Gasteiger partial charge in [-0.15, -0.1) is 0 Å². The van der Waals surface area contributed by atoms with Crippen molar-refractivity contribution >= 4 is 40.5 Å². The molecule has 5 heteroatoms. The first-order valence-electron chi connectivity index (χ1n) is 9.20. The summed E-state index contributed by atoms with van der Waals surface area (Å²) in [5.41, 5.74) is 6.05. The van der Waals surface area contributed by atoms with E-state index in [0.717, 1.165) is 35.5 Å². The number of esters is 1. The zero-order valence-corrected chi connectivity index (χ0v) is 16.9. The zero-order valence-electron chi connectivity index (χ0n) is 15.4. The number of ether oxygens (including phenoxy) is 1. The van der Waals surface area contributed by atoms with Crippen molar-refractivity contribution in [3.63, 3.8) is 0 Å². The Morgan fingerprint density at radius 2 is 1.82 bits per heavy atom. The molecule has 4 rings (SSSR count). The van der Waals surface area contributed by atoms with Gasteiger partial charge in [0.2, 0.25) is 0 Å². The fourth-order valence-corrected chi connectivity index (χ4v) is 3.81. The third kappa shape index (κ3) is 3.60. The number of carbonyl (C=O) groups is 1. The van der Waals surface area contributed by atoms with E-state index in [1.165, 1.54) is 5.56 Å². The lowest BCUT2D eigenvalue weighted by Crippen LogP contribution is -2.13. The fraction of sp³-hybridized carbons (Fsp3) is 0.174. The molecule has 0 saturated carbocycles. The SMILES string of the molecule is CCOC(=O)c1cccc(-c2ccc3c(c2)N(c2ccc(Cl)c(Cl)c2)CC3)c1. The molecule has 0 saturated heterocycles. The second-order valence-electron chi connectivity index (χ2n) is 6.64. The van der Waals surface area contributed by atoms with Crippen LogP contribution >= 0.6 is 23.2 Å². The summed E-state index contributed by atoms with van der Waals surface area (Å²) in [5, 5.41) is 1.10. The molecule has 0 bridgehead atoms. The molecule has 1 aliphatic heterocycles. The van der Waals surface area contributed by atoms with Gasteiger partial charge in [-0.1, -0.05) is 47.5 Å². The summed E-state index contributed by atoms with van der Waals surface area (Å²) in [6.45, 7) is 3.06. The Morgan fingerprint density at radius 3 is 2.61 bits per heavy atom. The molecule has 0 atom stereocenters. The molecule has 0 unspecified atom stereocenters. The predicted octanol–water partition coefficient (Wildman–Crippen LogP) is 6.53. The summed E-state index contributed by atoms with van der Waals surface area (Å²) in [7, 11) is 0. The summed E-state index contributed by atoms with van der Waals surface area (Å²) < 4.78 is 5.12. The van der Waals surface area contributed by atoms with E-state index in [9.17, 15) is 4.79 Å². The summed E-state index contributed by atoms with van der Waals surface area (Å²) in [6, 6.07) is 19.6. The number of rotatable bonds is 4. The van der Waals surface area contributed by atoms with E-state index in [0.29, 0.717) is 22.2 Å². The van der Waals surface area contributed by atoms with Crippen LogP contribution in [0.15, 0.2) is 60.7 Å². The van der Waals surface area contributed by atoms with Gasteiger partial charge in [0, 0.05) is 17.9 Å². The Kier molecular flexibility index (Phi) is 5.29. The van der Waals surface area contributed by atoms with Gasteiger partial charge in [-0.05, 0) is 66.4 Å². The topological polar surface area (TPSA) is 29.5 Å². The first-order valence-corrected chi connectivity index (χ1v) is 9.95. The lowest BCUT2D eigenvalue weighted by Gasteiger charge is -2.21. The van der Waals surface area contributed by atoms with E-state index in [1.54, 1.807) is 13.0 Å². The normalized spacial score (nSPS) is 12.8. The van der Waals surface area contributed by atoms with E-state index in [4.69, 9.17) is 27.9 Å². The van der Waals surface area contributed by atoms with Gasteiger partial charge in [-0.2, -0.15) is 0 Å². The summed E-state index contributed by atoms with van der Waals surface area (Å²) in [6.07, 6.45) is 0.971. The van der Waals surface area contributed by atoms with Crippen molar-refractivity contribution in [2.24, 2.45) is 0 Å². The molecule has 142 valence electrons. The van der Waals surface area contributed by atoms with Crippen LogP contribution in [0.4, 0.5) is 11.4 Å². The van der Waals surface area contributed by atoms with Crippen LogP contribution in [0.3, 0.4) is 0 Å². The second kappa shape index (κ2) is 7.86. The number of fused-ring (bicyclic) bond motifs is 1. The standard InChI is InChI=1S/C23H19Cl2NO2/c1-2-28-23(27)18-5-3-4-16(12-18)17-7-6-15-10-11-26(22(15)13-17)19-8-9-20(24)21(25)14-19/h3-9,12-14H,2,10-11H2,1H3. The number of anilines is 2. The average Bonchev–Trinajstić information content (AvgIpc) is 3.13. The highest BCUT2D eigenvalue weighted by molar-refractivity contribution is 6.42. The van der Waals surface area contributed by atoms with Crippen molar-refractivity contribution in [2.75, 3.05) is 18.1 Å². The predicted molar refractivity (Wildman–Crippen MR) is 115 cm³/mol. The van der Waals surface area contributed by atoms with Crippen molar-refractivity contribution in [1.82, 2.24) is 0 Å². The molecule has 0 spiro atoms. The molecule has 3 aromatic carbocycles. The van der Waals surface area contributed by atoms with Crippen molar-refractivity contribution < 1.29 is 9.53 Å². The number of benzene rings is 3. The van der Waals surface area contributed by atoms with Crippen LogP contribution in [0.1, 0.15) is 22.8 Å². The highest BCUT2D eigenvalue weighted by Crippen LogP contribution is 2.39. The fourth-order valence-electron chi connectivity index (χ4n) is 3.52. The third-order valence-corrected chi connectivity index (χ3v) is 5.64. The number of hydrogen-bond acceptors (Lipinski definition) is 3. The van der Waals surface area contributed by atoms with E-state index in [1.807, 2.05) is 36.4 Å². The molecule has 0 radical (unpaired) electrons. The van der Waals surface area contributed by atoms with Crippen molar-refractivity contribution in [3.05, 3.63) is 81.8 Å². The van der Waals surface area contributed by atoms with Crippen LogP contribution in [0.25, 0.3) is 11.1 Å². The third-order valence-electron chi connectivity index (χ3n) is 4.90. The van der Waals surface area contributed by atoms with Gasteiger partial charge >= 0.3 is 5.97 Å². The van der Waals surface area contributed by atoms with Crippen molar-refractivity contribution in [1.29, 1.82) is 0 Å². The van der Waals surface area contributed by atoms with E-state index < -0.39 is 0 Å². The maximum atomic E-state index is 12.1. The van der Waals surface area contributed by atoms with Crippen molar-refractivity contribution in [2.45, 2.75) is 13.3 Å². The minimum absolute atomic E-state index is 0.303. The molecule has 0 amide bonds. The summed E-state index contributed by atoms with van der Waals surface area (Å²) in [5.74, 6) is -0.303. The largest absolute Gasteiger partial charge is 0.462 e. The average molecular weight is 412 g/mol. The minimum Gasteiger partial charge on any atom is -0.462 e. The Labute approximate surface area is 174 Å². The molecule has 0 N–H and O–H groups in total. The molecule has 3 aromatic rings. The first-order chi connectivity index (χ1) is 13.6. The Balaban J connectivity index is 1.70. The van der Waals surface area contributed by atoms with Crippen molar-refractivity contribution in [3.8, 4) is 11.1 Å². The van der Waals surface area contributed by atoms with Crippen LogP contribution in [0.2, 0.25) is 10.0 Å². The van der Waals surface area contributed by atoms with Gasteiger partial charge in [0.1, 0.15) is 0 Å². The maximum absolute atomic E-state index is 12.1. The molecule has 1 heterocycles. The highest BCUT2D eigenvalue weighted by atomic mass is 35.5. The van der Waals surface area contributed by atoms with E-state index >= 15 is 0 Å². The second-order valence-corrected chi connectivity index (χ2v) is 7.46. The quantitative estimate of drug-likeness (QED) is 0.456. The van der Waals surface area contributed by atoms with Gasteiger partial charge in [-0.3, -0.25) is 0 Å². The minimum atomic E-state index is -0.303. The van der Waals surface area contributed by atoms with Gasteiger partial charge in [0.25, 0.3) is 0 Å². The molecular weight excluding hydrogens is 393 g/mol. The van der Waals surface area contributed by atoms with Crippen LogP contribution in [0.5, 0.6) is 0 Å². The number of carbonyl (C=O) groups excluding carboxylic acids is 1. The van der Waals surface area contributed by atoms with Crippen LogP contribution in [-0.4, -0.2) is 19.1 Å². The number of halogens is 2. The number of nitrogens with zero attached hydrogens (tertiary/aromatic N) is 1. The first kappa shape index (κ1) is 18.9. The van der Waals surface area contributed by atoms with Crippen LogP contribution in [0, 0.1) is 0 Å². The van der Waals surface area contributed by atoms with Gasteiger partial charge in [0.05, 0.1) is 22.2 Å². The molecule has 28 heavy (non-hydrogen) atoms. The smallest absolute Gasteiger partial charge is 0.338 e. The Hall–Kier alpha value is -2.49. The molecule has 1 aliphatic rings. The molecule has 0 aliphatic carbocycles. The van der Waals surface area contributed by atoms with Gasteiger partial charge in [0.15, 0.2) is 0 Å². The number of hydrogen-bond donors (Lipinski definition) is 0. The molecule has 0 fully saturated rings. The summed E-state index contributed by atoms with van der Waals surface area (Å²) in [4.78, 5) is 14.3. The maximum Gasteiger partial charge on any atom is 0.338 e. The zero-order chi connectivity index (χ0) is 19.7. The molecule has 0 aromatic heterocycles. The van der Waals surface area contributed by atoms with Gasteiger partial charge < -0.3 is 9.64 Å². The molecular formula is C23H19Cl2NO2. The van der Waals surface area contributed by atoms with E-state index in [2.05, 4.69) is 23.1 Å². The monoisotopic (exact) mass is 411 g/mol. The summed E-state index contributed by atoms with van der Waals surface area (Å²) >= 11 is 12.3. The van der Waals surface area contributed by atoms with E-state index in [-0.39, 0.29) is 5.97 Å². The Morgan fingerprint density at radius 1 is 1.00 bits per heavy atom. The highest BCUT2D eigenvalue weighted by Gasteiger charge is 2.22. The Bertz CT molecular complexity index is 1050.